The van der Waals surface area contributed by atoms with E-state index in [4.69, 9.17) is 5.73 Å². The molecule has 0 amide bonds. The second kappa shape index (κ2) is 5.07. The molecule has 0 aliphatic carbocycles. The van der Waals surface area contributed by atoms with E-state index >= 15 is 0 Å². The first-order valence-electron chi connectivity index (χ1n) is 6.55. The normalized spacial score (nSPS) is 13.8. The number of aromatic nitrogens is 1. The molecule has 2 rings (SSSR count). The molecule has 0 aliphatic rings. The van der Waals surface area contributed by atoms with Crippen molar-refractivity contribution in [3.05, 3.63) is 42.2 Å². The molecule has 0 fully saturated rings. The van der Waals surface area contributed by atoms with Gasteiger partial charge in [-0.1, -0.05) is 39.0 Å². The Kier molecular flexibility index (Phi) is 3.67. The topological polar surface area (TPSA) is 38.9 Å². The largest absolute Gasteiger partial charge is 0.327 e. The number of pyridine rings is 1. The van der Waals surface area contributed by atoms with Crippen LogP contribution >= 0.6 is 0 Å². The molecule has 1 aromatic carbocycles. The molecule has 0 bridgehead atoms. The average Bonchev–Trinajstić information content (AvgIpc) is 2.34. The highest BCUT2D eigenvalue weighted by molar-refractivity contribution is 5.84. The first-order chi connectivity index (χ1) is 8.48. The molecule has 18 heavy (non-hydrogen) atoms. The summed E-state index contributed by atoms with van der Waals surface area (Å²) >= 11 is 0. The Labute approximate surface area is 109 Å². The van der Waals surface area contributed by atoms with Gasteiger partial charge in [-0.25, -0.2) is 0 Å². The van der Waals surface area contributed by atoms with Gasteiger partial charge < -0.3 is 5.73 Å². The third-order valence-corrected chi connectivity index (χ3v) is 3.61. The summed E-state index contributed by atoms with van der Waals surface area (Å²) in [5.74, 6) is 0. The number of aryl methyl sites for hydroxylation is 1. The molecule has 0 saturated heterocycles. The van der Waals surface area contributed by atoms with E-state index in [0.29, 0.717) is 0 Å². The van der Waals surface area contributed by atoms with Gasteiger partial charge in [-0.05, 0) is 35.3 Å². The Morgan fingerprint density at radius 2 is 2.00 bits per heavy atom. The Morgan fingerprint density at radius 3 is 2.72 bits per heavy atom. The van der Waals surface area contributed by atoms with Gasteiger partial charge in [-0.2, -0.15) is 0 Å². The van der Waals surface area contributed by atoms with E-state index in [2.05, 4.69) is 50.0 Å². The van der Waals surface area contributed by atoms with Crippen LogP contribution in [0.1, 0.15) is 32.8 Å². The maximum absolute atomic E-state index is 6.23. The van der Waals surface area contributed by atoms with Crippen molar-refractivity contribution in [3.63, 3.8) is 0 Å². The lowest BCUT2D eigenvalue weighted by atomic mass is 9.84. The summed E-state index contributed by atoms with van der Waals surface area (Å²) in [7, 11) is 0. The number of nitrogens with zero attached hydrogens (tertiary/aromatic N) is 1. The minimum Gasteiger partial charge on any atom is -0.327 e. The Morgan fingerprint density at radius 1 is 1.22 bits per heavy atom. The summed E-state index contributed by atoms with van der Waals surface area (Å²) in [4.78, 5) is 4.16. The lowest BCUT2D eigenvalue weighted by Crippen LogP contribution is -2.35. The number of nitrogens with two attached hydrogens (primary N) is 1. The van der Waals surface area contributed by atoms with Gasteiger partial charge in [0.25, 0.3) is 0 Å². The van der Waals surface area contributed by atoms with Gasteiger partial charge in [0.1, 0.15) is 0 Å². The zero-order chi connectivity index (χ0) is 13.2. The summed E-state index contributed by atoms with van der Waals surface area (Å²) in [5.41, 5.74) is 7.77. The standard InChI is InChI=1S/C16H22N2/c1-16(2,3)15(17)8-7-12-5-4-6-13-11-18-10-9-14(12)13/h4-6,9-11,15H,7-8,17H2,1-3H3. The van der Waals surface area contributed by atoms with E-state index < -0.39 is 0 Å². The van der Waals surface area contributed by atoms with Crippen LogP contribution in [0, 0.1) is 5.41 Å². The molecule has 2 N–H and O–H groups in total. The van der Waals surface area contributed by atoms with Crippen molar-refractivity contribution in [2.75, 3.05) is 0 Å². The SMILES string of the molecule is CC(C)(C)C(N)CCc1cccc2cnccc12. The summed E-state index contributed by atoms with van der Waals surface area (Å²) in [6.07, 6.45) is 5.82. The second-order valence-corrected chi connectivity index (χ2v) is 6.03. The molecule has 0 saturated carbocycles. The fourth-order valence-corrected chi connectivity index (χ4v) is 2.15. The first kappa shape index (κ1) is 13.0. The Balaban J connectivity index is 2.18. The van der Waals surface area contributed by atoms with Crippen molar-refractivity contribution in [1.29, 1.82) is 0 Å². The highest BCUT2D eigenvalue weighted by atomic mass is 14.7. The molecule has 1 unspecified atom stereocenters. The highest BCUT2D eigenvalue weighted by Gasteiger charge is 2.20. The van der Waals surface area contributed by atoms with Crippen molar-refractivity contribution >= 4 is 10.8 Å². The lowest BCUT2D eigenvalue weighted by Gasteiger charge is -2.27. The van der Waals surface area contributed by atoms with Gasteiger partial charge in [0, 0.05) is 23.8 Å². The number of fused-ring (bicyclic) bond motifs is 1. The van der Waals surface area contributed by atoms with Crippen LogP contribution in [-0.2, 0) is 6.42 Å². The molecule has 2 heteroatoms. The molecule has 0 spiro atoms. The highest BCUT2D eigenvalue weighted by Crippen LogP contribution is 2.24. The van der Waals surface area contributed by atoms with E-state index in [9.17, 15) is 0 Å². The number of rotatable bonds is 3. The number of hydrogen-bond acceptors (Lipinski definition) is 2. The van der Waals surface area contributed by atoms with E-state index in [1.54, 1.807) is 0 Å². The van der Waals surface area contributed by atoms with Crippen LogP contribution in [0.4, 0.5) is 0 Å². The lowest BCUT2D eigenvalue weighted by molar-refractivity contribution is 0.306. The van der Waals surface area contributed by atoms with Crippen LogP contribution in [-0.4, -0.2) is 11.0 Å². The molecule has 2 aromatic rings. The fraction of sp³-hybridized carbons (Fsp3) is 0.438. The Bertz CT molecular complexity index is 521. The van der Waals surface area contributed by atoms with Crippen LogP contribution in [0.2, 0.25) is 0 Å². The number of benzene rings is 1. The monoisotopic (exact) mass is 242 g/mol. The first-order valence-corrected chi connectivity index (χ1v) is 6.55. The molecule has 2 nitrogen and oxygen atoms in total. The maximum Gasteiger partial charge on any atom is 0.0346 e. The summed E-state index contributed by atoms with van der Waals surface area (Å²) in [6, 6.07) is 8.72. The van der Waals surface area contributed by atoms with E-state index in [0.717, 1.165) is 12.8 Å². The summed E-state index contributed by atoms with van der Waals surface area (Å²) < 4.78 is 0. The van der Waals surface area contributed by atoms with E-state index in [1.807, 2.05) is 12.4 Å². The van der Waals surface area contributed by atoms with E-state index in [1.165, 1.54) is 16.3 Å². The van der Waals surface area contributed by atoms with Crippen molar-refractivity contribution < 1.29 is 0 Å². The molecule has 1 heterocycles. The maximum atomic E-state index is 6.23. The third-order valence-electron chi connectivity index (χ3n) is 3.61. The van der Waals surface area contributed by atoms with Gasteiger partial charge in [-0.15, -0.1) is 0 Å². The zero-order valence-corrected chi connectivity index (χ0v) is 11.5. The predicted molar refractivity (Wildman–Crippen MR) is 77.5 cm³/mol. The van der Waals surface area contributed by atoms with E-state index in [-0.39, 0.29) is 11.5 Å². The molecule has 1 aromatic heterocycles. The third kappa shape index (κ3) is 2.88. The van der Waals surface area contributed by atoms with Gasteiger partial charge in [0.05, 0.1) is 0 Å². The Hall–Kier alpha value is -1.41. The van der Waals surface area contributed by atoms with Gasteiger partial charge in [-0.3, -0.25) is 4.98 Å². The summed E-state index contributed by atoms with van der Waals surface area (Å²) in [6.45, 7) is 6.60. The van der Waals surface area contributed by atoms with Crippen molar-refractivity contribution in [2.45, 2.75) is 39.7 Å². The van der Waals surface area contributed by atoms with Crippen LogP contribution in [0.25, 0.3) is 10.8 Å². The zero-order valence-electron chi connectivity index (χ0n) is 11.5. The molecule has 1 atom stereocenters. The van der Waals surface area contributed by atoms with Crippen LogP contribution < -0.4 is 5.73 Å². The number of hydrogen-bond donors (Lipinski definition) is 1. The van der Waals surface area contributed by atoms with Crippen molar-refractivity contribution in [1.82, 2.24) is 4.98 Å². The van der Waals surface area contributed by atoms with Gasteiger partial charge >= 0.3 is 0 Å². The molecule has 0 aliphatic heterocycles. The average molecular weight is 242 g/mol. The minimum atomic E-state index is 0.173. The predicted octanol–water partition coefficient (Wildman–Crippen LogP) is 3.54. The van der Waals surface area contributed by atoms with Crippen LogP contribution in [0.5, 0.6) is 0 Å². The van der Waals surface area contributed by atoms with Crippen molar-refractivity contribution in [2.24, 2.45) is 11.1 Å². The molecular formula is C16H22N2. The molecular weight excluding hydrogens is 220 g/mol. The summed E-state index contributed by atoms with van der Waals surface area (Å²) in [5, 5.41) is 2.51. The second-order valence-electron chi connectivity index (χ2n) is 6.03. The van der Waals surface area contributed by atoms with Crippen LogP contribution in [0.3, 0.4) is 0 Å². The van der Waals surface area contributed by atoms with Crippen LogP contribution in [0.15, 0.2) is 36.7 Å². The quantitative estimate of drug-likeness (QED) is 0.894. The van der Waals surface area contributed by atoms with Gasteiger partial charge in [0.15, 0.2) is 0 Å². The molecule has 96 valence electrons. The van der Waals surface area contributed by atoms with Gasteiger partial charge in [0.2, 0.25) is 0 Å². The van der Waals surface area contributed by atoms with Crippen molar-refractivity contribution in [3.8, 4) is 0 Å². The molecule has 0 radical (unpaired) electrons. The fourth-order valence-electron chi connectivity index (χ4n) is 2.15. The smallest absolute Gasteiger partial charge is 0.0346 e. The minimum absolute atomic E-state index is 0.173.